The lowest BCUT2D eigenvalue weighted by Gasteiger charge is -2.12. The average Bonchev–Trinajstić information content (AvgIpc) is 3.16. The summed E-state index contributed by atoms with van der Waals surface area (Å²) in [6.45, 7) is 1.88. The van der Waals surface area contributed by atoms with E-state index < -0.39 is 10.0 Å². The van der Waals surface area contributed by atoms with Crippen molar-refractivity contribution in [3.63, 3.8) is 0 Å². The van der Waals surface area contributed by atoms with E-state index in [0.29, 0.717) is 32.6 Å². The molecule has 0 saturated heterocycles. The lowest BCUT2D eigenvalue weighted by atomic mass is 10.1. The number of hydrogen-bond donors (Lipinski definition) is 1. The SMILES string of the molecule is COc1cnnc(-c2noc3c(Br)cc(S(=O)(=O)NC4(C)CC4)cc23)c1. The van der Waals surface area contributed by atoms with Gasteiger partial charge < -0.3 is 9.26 Å². The highest BCUT2D eigenvalue weighted by atomic mass is 79.9. The Morgan fingerprint density at radius 2 is 2.08 bits per heavy atom. The molecule has 3 aromatic rings. The lowest BCUT2D eigenvalue weighted by Crippen LogP contribution is -2.34. The number of halogens is 1. The standard InChI is InChI=1S/C16H15BrN4O4S/c1-16(3-4-16)21-26(22,23)10-6-11-14(20-25-15(11)12(17)7-10)13-5-9(24-2)8-18-19-13/h5-8,21H,3-4H2,1-2H3. The van der Waals surface area contributed by atoms with Crippen molar-refractivity contribution >= 4 is 36.9 Å². The number of aromatic nitrogens is 3. The normalized spacial score (nSPS) is 16.0. The molecule has 1 N–H and O–H groups in total. The molecule has 0 bridgehead atoms. The van der Waals surface area contributed by atoms with Gasteiger partial charge in [0.1, 0.15) is 17.1 Å². The Morgan fingerprint density at radius 3 is 2.77 bits per heavy atom. The molecule has 136 valence electrons. The fourth-order valence-electron chi connectivity index (χ4n) is 2.57. The van der Waals surface area contributed by atoms with Gasteiger partial charge in [-0.15, -0.1) is 5.10 Å². The molecule has 2 heterocycles. The molecule has 0 aliphatic heterocycles. The number of nitrogens with zero attached hydrogens (tertiary/aromatic N) is 3. The second-order valence-corrected chi connectivity index (χ2v) is 9.00. The van der Waals surface area contributed by atoms with Crippen LogP contribution >= 0.6 is 15.9 Å². The first-order chi connectivity index (χ1) is 12.3. The van der Waals surface area contributed by atoms with Gasteiger partial charge in [-0.2, -0.15) is 5.10 Å². The van der Waals surface area contributed by atoms with Crippen molar-refractivity contribution < 1.29 is 17.7 Å². The van der Waals surface area contributed by atoms with Gasteiger partial charge in [0.15, 0.2) is 5.58 Å². The molecule has 0 amide bonds. The van der Waals surface area contributed by atoms with Gasteiger partial charge in [0.05, 0.1) is 28.1 Å². The molecular formula is C16H15BrN4O4S. The van der Waals surface area contributed by atoms with E-state index in [9.17, 15) is 8.42 Å². The van der Waals surface area contributed by atoms with Crippen molar-refractivity contribution in [2.24, 2.45) is 0 Å². The predicted octanol–water partition coefficient (Wildman–Crippen LogP) is 2.89. The summed E-state index contributed by atoms with van der Waals surface area (Å²) in [5.74, 6) is 0.511. The van der Waals surface area contributed by atoms with E-state index >= 15 is 0 Å². The van der Waals surface area contributed by atoms with Crippen LogP contribution in [-0.2, 0) is 10.0 Å². The van der Waals surface area contributed by atoms with Crippen LogP contribution in [-0.4, -0.2) is 36.4 Å². The van der Waals surface area contributed by atoms with E-state index in [1.807, 2.05) is 6.92 Å². The minimum absolute atomic E-state index is 0.130. The molecule has 1 aliphatic rings. The highest BCUT2D eigenvalue weighted by Gasteiger charge is 2.41. The number of fused-ring (bicyclic) bond motifs is 1. The molecule has 1 aliphatic carbocycles. The number of methoxy groups -OCH3 is 1. The minimum Gasteiger partial charge on any atom is -0.495 e. The fraction of sp³-hybridized carbons (Fsp3) is 0.312. The Kier molecular flexibility index (Phi) is 4.01. The van der Waals surface area contributed by atoms with E-state index in [0.717, 1.165) is 12.8 Å². The van der Waals surface area contributed by atoms with Gasteiger partial charge in [0.25, 0.3) is 0 Å². The number of benzene rings is 1. The van der Waals surface area contributed by atoms with Gasteiger partial charge in [0, 0.05) is 11.6 Å². The second-order valence-electron chi connectivity index (χ2n) is 6.46. The van der Waals surface area contributed by atoms with Gasteiger partial charge in [-0.1, -0.05) is 5.16 Å². The fourth-order valence-corrected chi connectivity index (χ4v) is 4.77. The monoisotopic (exact) mass is 438 g/mol. The maximum atomic E-state index is 12.7. The second kappa shape index (κ2) is 6.00. The van der Waals surface area contributed by atoms with Gasteiger partial charge in [-0.3, -0.25) is 0 Å². The average molecular weight is 439 g/mol. The molecule has 0 spiro atoms. The smallest absolute Gasteiger partial charge is 0.241 e. The maximum absolute atomic E-state index is 12.7. The van der Waals surface area contributed by atoms with Crippen LogP contribution < -0.4 is 9.46 Å². The van der Waals surface area contributed by atoms with Crippen molar-refractivity contribution in [1.29, 1.82) is 0 Å². The number of nitrogens with one attached hydrogen (secondary N) is 1. The van der Waals surface area contributed by atoms with E-state index in [-0.39, 0.29) is 10.4 Å². The number of sulfonamides is 1. The molecular weight excluding hydrogens is 424 g/mol. The van der Waals surface area contributed by atoms with Crippen molar-refractivity contribution in [2.45, 2.75) is 30.2 Å². The Bertz CT molecular complexity index is 1110. The molecule has 10 heteroatoms. The molecule has 1 fully saturated rings. The zero-order chi connectivity index (χ0) is 18.5. The first-order valence-electron chi connectivity index (χ1n) is 7.81. The molecule has 0 atom stereocenters. The van der Waals surface area contributed by atoms with Crippen LogP contribution in [0, 0.1) is 0 Å². The van der Waals surface area contributed by atoms with Gasteiger partial charge >= 0.3 is 0 Å². The Hall–Kier alpha value is -2.04. The molecule has 0 radical (unpaired) electrons. The summed E-state index contributed by atoms with van der Waals surface area (Å²) in [5, 5.41) is 12.5. The minimum atomic E-state index is -3.67. The van der Waals surface area contributed by atoms with Gasteiger partial charge in [-0.05, 0) is 47.8 Å². The molecule has 0 unspecified atom stereocenters. The molecule has 8 nitrogen and oxygen atoms in total. The zero-order valence-electron chi connectivity index (χ0n) is 14.0. The summed E-state index contributed by atoms with van der Waals surface area (Å²) in [4.78, 5) is 0.130. The third-order valence-electron chi connectivity index (χ3n) is 4.30. The third kappa shape index (κ3) is 3.08. The summed E-state index contributed by atoms with van der Waals surface area (Å²) in [6, 6.07) is 4.69. The van der Waals surface area contributed by atoms with Crippen LogP contribution in [0.15, 0.2) is 38.3 Å². The molecule has 4 rings (SSSR count). The van der Waals surface area contributed by atoms with Crippen LogP contribution in [0.4, 0.5) is 0 Å². The summed E-state index contributed by atoms with van der Waals surface area (Å²) in [7, 11) is -2.15. The van der Waals surface area contributed by atoms with Crippen LogP contribution in [0.1, 0.15) is 19.8 Å². The number of rotatable bonds is 5. The molecule has 1 aromatic carbocycles. The third-order valence-corrected chi connectivity index (χ3v) is 6.51. The molecule has 1 saturated carbocycles. The highest BCUT2D eigenvalue weighted by Crippen LogP contribution is 2.38. The van der Waals surface area contributed by atoms with Crippen LogP contribution in [0.3, 0.4) is 0 Å². The van der Waals surface area contributed by atoms with E-state index in [4.69, 9.17) is 9.26 Å². The van der Waals surface area contributed by atoms with Crippen molar-refractivity contribution in [1.82, 2.24) is 20.1 Å². The maximum Gasteiger partial charge on any atom is 0.241 e. The zero-order valence-corrected chi connectivity index (χ0v) is 16.4. The molecule has 2 aromatic heterocycles. The Labute approximate surface area is 158 Å². The van der Waals surface area contributed by atoms with Crippen LogP contribution in [0.5, 0.6) is 5.75 Å². The summed E-state index contributed by atoms with van der Waals surface area (Å²) in [5.41, 5.74) is 0.880. The van der Waals surface area contributed by atoms with Gasteiger partial charge in [-0.25, -0.2) is 13.1 Å². The first-order valence-corrected chi connectivity index (χ1v) is 10.1. The van der Waals surface area contributed by atoms with Crippen molar-refractivity contribution in [3.8, 4) is 17.1 Å². The van der Waals surface area contributed by atoms with E-state index in [2.05, 4.69) is 36.0 Å². The quantitative estimate of drug-likeness (QED) is 0.652. The summed E-state index contributed by atoms with van der Waals surface area (Å²) in [6.07, 6.45) is 3.12. The van der Waals surface area contributed by atoms with Crippen molar-refractivity contribution in [3.05, 3.63) is 28.9 Å². The van der Waals surface area contributed by atoms with E-state index in [1.165, 1.54) is 25.4 Å². The van der Waals surface area contributed by atoms with Crippen LogP contribution in [0.25, 0.3) is 22.4 Å². The predicted molar refractivity (Wildman–Crippen MR) is 97.2 cm³/mol. The largest absolute Gasteiger partial charge is 0.495 e. The summed E-state index contributed by atoms with van der Waals surface area (Å²) >= 11 is 3.36. The Morgan fingerprint density at radius 1 is 1.31 bits per heavy atom. The topological polar surface area (TPSA) is 107 Å². The van der Waals surface area contributed by atoms with Gasteiger partial charge in [0.2, 0.25) is 10.0 Å². The first kappa shape index (κ1) is 17.4. The van der Waals surface area contributed by atoms with Crippen molar-refractivity contribution in [2.75, 3.05) is 7.11 Å². The number of hydrogen-bond acceptors (Lipinski definition) is 7. The molecule has 26 heavy (non-hydrogen) atoms. The lowest BCUT2D eigenvalue weighted by molar-refractivity contribution is 0.411. The van der Waals surface area contributed by atoms with E-state index in [1.54, 1.807) is 6.07 Å². The summed E-state index contributed by atoms with van der Waals surface area (Å²) < 4.78 is 39.2. The number of ether oxygens (including phenoxy) is 1. The Balaban J connectivity index is 1.85. The highest BCUT2D eigenvalue weighted by molar-refractivity contribution is 9.10. The van der Waals surface area contributed by atoms with Crippen LogP contribution in [0.2, 0.25) is 0 Å².